The Morgan fingerprint density at radius 2 is 2.08 bits per heavy atom. The smallest absolute Gasteiger partial charge is 0.410 e. The third-order valence-corrected chi connectivity index (χ3v) is 6.91. The molecule has 0 radical (unpaired) electrons. The van der Waals surface area contributed by atoms with E-state index in [9.17, 15) is 18.0 Å². The predicted octanol–water partition coefficient (Wildman–Crippen LogP) is 0.794. The van der Waals surface area contributed by atoms with Crippen molar-refractivity contribution in [3.63, 3.8) is 0 Å². The number of rotatable bonds is 4. The Morgan fingerprint density at radius 1 is 1.31 bits per heavy atom. The van der Waals surface area contributed by atoms with Crippen LogP contribution in [0, 0.1) is 0 Å². The van der Waals surface area contributed by atoms with Gasteiger partial charge in [0.1, 0.15) is 5.60 Å². The number of carbonyl (C=O) groups is 2. The molecule has 4 rings (SSSR count). The summed E-state index contributed by atoms with van der Waals surface area (Å²) in [4.78, 5) is 25.4. The summed E-state index contributed by atoms with van der Waals surface area (Å²) < 4.78 is 32.7. The molecule has 1 aliphatic carbocycles. The lowest BCUT2D eigenvalue weighted by Crippen LogP contribution is -2.39. The van der Waals surface area contributed by atoms with Crippen LogP contribution in [0.25, 0.3) is 0 Å². The second-order valence-corrected chi connectivity index (χ2v) is 9.21. The lowest BCUT2D eigenvalue weighted by atomic mass is 10.0. The van der Waals surface area contributed by atoms with Crippen LogP contribution in [0.15, 0.2) is 29.2 Å². The Hall–Kier alpha value is -2.13. The molecular formula is C17H21N3O5S. The number of ether oxygens (including phenoxy) is 1. The molecule has 2 saturated heterocycles. The SMILES string of the molecule is CN1C[C@@]2(CCN(S(=O)(=O)c3cccc(C(=O)NC4CC4)c3)C2)OC1=O. The average molecular weight is 379 g/mol. The molecule has 2 amide bonds. The lowest BCUT2D eigenvalue weighted by molar-refractivity contribution is 0.0687. The van der Waals surface area contributed by atoms with Gasteiger partial charge in [-0.1, -0.05) is 6.07 Å². The monoisotopic (exact) mass is 379 g/mol. The predicted molar refractivity (Wildman–Crippen MR) is 92.1 cm³/mol. The zero-order valence-corrected chi connectivity index (χ0v) is 15.3. The van der Waals surface area contributed by atoms with E-state index in [1.54, 1.807) is 19.2 Å². The van der Waals surface area contributed by atoms with Crippen molar-refractivity contribution in [2.45, 2.75) is 35.8 Å². The van der Waals surface area contributed by atoms with Crippen LogP contribution in [0.5, 0.6) is 0 Å². The van der Waals surface area contributed by atoms with Crippen LogP contribution in [-0.4, -0.2) is 67.9 Å². The maximum Gasteiger partial charge on any atom is 0.410 e. The van der Waals surface area contributed by atoms with Crippen molar-refractivity contribution >= 4 is 22.0 Å². The van der Waals surface area contributed by atoms with E-state index >= 15 is 0 Å². The Morgan fingerprint density at radius 3 is 2.73 bits per heavy atom. The minimum absolute atomic E-state index is 0.0793. The highest BCUT2D eigenvalue weighted by Gasteiger charge is 2.51. The van der Waals surface area contributed by atoms with Gasteiger partial charge in [0, 0.05) is 31.6 Å². The summed E-state index contributed by atoms with van der Waals surface area (Å²) in [7, 11) is -2.13. The first-order chi connectivity index (χ1) is 12.3. The molecule has 2 aliphatic heterocycles. The fraction of sp³-hybridized carbons (Fsp3) is 0.529. The van der Waals surface area contributed by atoms with Gasteiger partial charge in [-0.25, -0.2) is 13.2 Å². The minimum Gasteiger partial charge on any atom is -0.439 e. The van der Waals surface area contributed by atoms with Gasteiger partial charge in [0.05, 0.1) is 18.0 Å². The highest BCUT2D eigenvalue weighted by atomic mass is 32.2. The van der Waals surface area contributed by atoms with Crippen molar-refractivity contribution in [1.29, 1.82) is 0 Å². The lowest BCUT2D eigenvalue weighted by Gasteiger charge is -2.21. The van der Waals surface area contributed by atoms with E-state index in [0.717, 1.165) is 12.8 Å². The molecule has 1 spiro atoms. The van der Waals surface area contributed by atoms with Gasteiger partial charge in [-0.05, 0) is 31.0 Å². The summed E-state index contributed by atoms with van der Waals surface area (Å²) in [5, 5.41) is 2.86. The number of sulfonamides is 1. The highest BCUT2D eigenvalue weighted by Crippen LogP contribution is 2.34. The summed E-state index contributed by atoms with van der Waals surface area (Å²) in [6, 6.07) is 6.28. The van der Waals surface area contributed by atoms with Crippen LogP contribution in [0.1, 0.15) is 29.6 Å². The standard InChI is InChI=1S/C17H21N3O5S/c1-19-10-17(25-16(19)22)7-8-20(11-17)26(23,24)14-4-2-3-12(9-14)15(21)18-13-5-6-13/h2-4,9,13H,5-8,10-11H2,1H3,(H,18,21)/t17-/m1/s1. The molecule has 140 valence electrons. The van der Waals surface area contributed by atoms with Gasteiger partial charge in [-0.2, -0.15) is 4.31 Å². The molecule has 1 saturated carbocycles. The molecule has 0 bridgehead atoms. The minimum atomic E-state index is -3.76. The van der Waals surface area contributed by atoms with Gasteiger partial charge in [0.25, 0.3) is 5.91 Å². The van der Waals surface area contributed by atoms with Crippen molar-refractivity contribution in [1.82, 2.24) is 14.5 Å². The maximum absolute atomic E-state index is 13.0. The number of benzene rings is 1. The molecule has 1 atom stereocenters. The first-order valence-electron chi connectivity index (χ1n) is 8.64. The van der Waals surface area contributed by atoms with E-state index in [1.165, 1.54) is 21.3 Å². The van der Waals surface area contributed by atoms with Gasteiger partial charge in [-0.3, -0.25) is 4.79 Å². The number of nitrogens with zero attached hydrogens (tertiary/aromatic N) is 2. The number of likely N-dealkylation sites (N-methyl/N-ethyl adjacent to an activating group) is 1. The zero-order valence-electron chi connectivity index (χ0n) is 14.5. The Kier molecular flexibility index (Phi) is 3.96. The first kappa shape index (κ1) is 17.3. The summed E-state index contributed by atoms with van der Waals surface area (Å²) in [5.74, 6) is -0.256. The van der Waals surface area contributed by atoms with Gasteiger partial charge in [-0.15, -0.1) is 0 Å². The van der Waals surface area contributed by atoms with Crippen molar-refractivity contribution in [2.24, 2.45) is 0 Å². The van der Waals surface area contributed by atoms with E-state index in [2.05, 4.69) is 5.32 Å². The van der Waals surface area contributed by atoms with Crippen LogP contribution >= 0.6 is 0 Å². The molecule has 1 N–H and O–H groups in total. The molecule has 1 aromatic rings. The normalized spacial score (nSPS) is 26.3. The third kappa shape index (κ3) is 3.05. The molecule has 1 aromatic carbocycles. The van der Waals surface area contributed by atoms with E-state index in [-0.39, 0.29) is 29.9 Å². The third-order valence-electron chi connectivity index (χ3n) is 5.07. The van der Waals surface area contributed by atoms with Crippen LogP contribution in [0.2, 0.25) is 0 Å². The molecule has 0 unspecified atom stereocenters. The fourth-order valence-electron chi connectivity index (χ4n) is 3.46. The van der Waals surface area contributed by atoms with Gasteiger partial charge in [0.15, 0.2) is 0 Å². The maximum atomic E-state index is 13.0. The number of hydrogen-bond acceptors (Lipinski definition) is 5. The van der Waals surface area contributed by atoms with E-state index in [1.807, 2.05) is 0 Å². The van der Waals surface area contributed by atoms with Gasteiger partial charge in [0.2, 0.25) is 10.0 Å². The summed E-state index contributed by atoms with van der Waals surface area (Å²) in [5.41, 5.74) is -0.446. The van der Waals surface area contributed by atoms with Crippen molar-refractivity contribution in [3.05, 3.63) is 29.8 Å². The molecule has 2 heterocycles. The molecule has 9 heteroatoms. The molecule has 8 nitrogen and oxygen atoms in total. The fourth-order valence-corrected chi connectivity index (χ4v) is 5.02. The quantitative estimate of drug-likeness (QED) is 0.835. The van der Waals surface area contributed by atoms with Crippen LogP contribution in [0.4, 0.5) is 4.79 Å². The topological polar surface area (TPSA) is 96.0 Å². The average Bonchev–Trinajstić information content (AvgIpc) is 3.25. The van der Waals surface area contributed by atoms with Crippen molar-refractivity contribution < 1.29 is 22.7 Å². The van der Waals surface area contributed by atoms with Gasteiger partial charge < -0.3 is 15.0 Å². The number of amides is 2. The largest absolute Gasteiger partial charge is 0.439 e. The second-order valence-electron chi connectivity index (χ2n) is 7.27. The molecule has 3 fully saturated rings. The van der Waals surface area contributed by atoms with E-state index < -0.39 is 21.7 Å². The summed E-state index contributed by atoms with van der Waals surface area (Å²) >= 11 is 0. The van der Waals surface area contributed by atoms with Gasteiger partial charge >= 0.3 is 6.09 Å². The summed E-state index contributed by atoms with van der Waals surface area (Å²) in [6.07, 6.45) is 1.96. The van der Waals surface area contributed by atoms with E-state index in [0.29, 0.717) is 18.5 Å². The molecule has 26 heavy (non-hydrogen) atoms. The molecule has 0 aromatic heterocycles. The Labute approximate surface area is 152 Å². The Balaban J connectivity index is 1.53. The number of nitrogens with one attached hydrogen (secondary N) is 1. The summed E-state index contributed by atoms with van der Waals surface area (Å²) in [6.45, 7) is 0.785. The second kappa shape index (κ2) is 5.95. The van der Waals surface area contributed by atoms with Crippen LogP contribution < -0.4 is 5.32 Å². The van der Waals surface area contributed by atoms with Crippen LogP contribution in [0.3, 0.4) is 0 Å². The number of hydrogen-bond donors (Lipinski definition) is 1. The van der Waals surface area contributed by atoms with E-state index in [4.69, 9.17) is 4.74 Å². The molecule has 3 aliphatic rings. The van der Waals surface area contributed by atoms with Crippen molar-refractivity contribution in [2.75, 3.05) is 26.7 Å². The van der Waals surface area contributed by atoms with Crippen LogP contribution in [-0.2, 0) is 14.8 Å². The molecular weight excluding hydrogens is 358 g/mol. The number of carbonyl (C=O) groups excluding carboxylic acids is 2. The first-order valence-corrected chi connectivity index (χ1v) is 10.1. The van der Waals surface area contributed by atoms with Crippen molar-refractivity contribution in [3.8, 4) is 0 Å². The Bertz CT molecular complexity index is 867. The zero-order chi connectivity index (χ0) is 18.5. The highest BCUT2D eigenvalue weighted by molar-refractivity contribution is 7.89.